The number of pyridine rings is 1. The lowest BCUT2D eigenvalue weighted by Crippen LogP contribution is -2.39. The third-order valence-corrected chi connectivity index (χ3v) is 4.16. The zero-order valence-corrected chi connectivity index (χ0v) is 14.8. The molecule has 1 aromatic heterocycles. The SMILES string of the molecule is O=C(NCCNC(=O)c1cccnc1N1CCOCC1)c1ccccc1F. The largest absolute Gasteiger partial charge is 0.378 e. The van der Waals surface area contributed by atoms with E-state index in [2.05, 4.69) is 15.6 Å². The molecule has 0 spiro atoms. The van der Waals surface area contributed by atoms with E-state index >= 15 is 0 Å². The summed E-state index contributed by atoms with van der Waals surface area (Å²) in [6.45, 7) is 2.95. The van der Waals surface area contributed by atoms with Crippen molar-refractivity contribution < 1.29 is 18.7 Å². The summed E-state index contributed by atoms with van der Waals surface area (Å²) in [6, 6.07) is 9.17. The van der Waals surface area contributed by atoms with Crippen LogP contribution in [0.4, 0.5) is 10.2 Å². The molecule has 1 fully saturated rings. The molecular formula is C19H21FN4O3. The quantitative estimate of drug-likeness (QED) is 0.745. The molecule has 0 saturated carbocycles. The highest BCUT2D eigenvalue weighted by molar-refractivity contribution is 5.99. The predicted octanol–water partition coefficient (Wildman–Crippen LogP) is 1.22. The van der Waals surface area contributed by atoms with Crippen LogP contribution < -0.4 is 15.5 Å². The molecule has 0 aliphatic carbocycles. The first-order valence-corrected chi connectivity index (χ1v) is 8.75. The van der Waals surface area contributed by atoms with Gasteiger partial charge in [0, 0.05) is 32.4 Å². The number of hydrogen-bond acceptors (Lipinski definition) is 5. The van der Waals surface area contributed by atoms with Crippen molar-refractivity contribution in [3.63, 3.8) is 0 Å². The molecule has 2 heterocycles. The summed E-state index contributed by atoms with van der Waals surface area (Å²) >= 11 is 0. The molecule has 0 bridgehead atoms. The number of amides is 2. The topological polar surface area (TPSA) is 83.6 Å². The third-order valence-electron chi connectivity index (χ3n) is 4.16. The molecule has 7 nitrogen and oxygen atoms in total. The predicted molar refractivity (Wildman–Crippen MR) is 98.3 cm³/mol. The molecule has 1 aromatic carbocycles. The van der Waals surface area contributed by atoms with Crippen LogP contribution in [-0.2, 0) is 4.74 Å². The molecule has 0 atom stereocenters. The van der Waals surface area contributed by atoms with Crippen LogP contribution >= 0.6 is 0 Å². The lowest BCUT2D eigenvalue weighted by molar-refractivity contribution is 0.0924. The minimum absolute atomic E-state index is 0.0225. The molecule has 27 heavy (non-hydrogen) atoms. The van der Waals surface area contributed by atoms with Crippen molar-refractivity contribution in [2.75, 3.05) is 44.3 Å². The number of nitrogens with one attached hydrogen (secondary N) is 2. The molecule has 2 amide bonds. The number of morpholine rings is 1. The Kier molecular flexibility index (Phi) is 6.32. The number of hydrogen-bond donors (Lipinski definition) is 2. The highest BCUT2D eigenvalue weighted by Crippen LogP contribution is 2.18. The summed E-state index contributed by atoms with van der Waals surface area (Å²) < 4.78 is 18.9. The fourth-order valence-electron chi connectivity index (χ4n) is 2.79. The third kappa shape index (κ3) is 4.79. The van der Waals surface area contributed by atoms with Crippen LogP contribution in [0, 0.1) is 5.82 Å². The Bertz CT molecular complexity index is 809. The van der Waals surface area contributed by atoms with E-state index in [4.69, 9.17) is 4.74 Å². The van der Waals surface area contributed by atoms with Crippen LogP contribution in [0.5, 0.6) is 0 Å². The van der Waals surface area contributed by atoms with Gasteiger partial charge in [0.05, 0.1) is 24.3 Å². The maximum absolute atomic E-state index is 13.6. The standard InChI is InChI=1S/C19H21FN4O3/c20-16-6-2-1-4-14(16)18(25)22-8-9-23-19(26)15-5-3-7-21-17(15)24-10-12-27-13-11-24/h1-7H,8-13H2,(H,22,25)(H,23,26). The van der Waals surface area contributed by atoms with Gasteiger partial charge in [-0.15, -0.1) is 0 Å². The zero-order chi connectivity index (χ0) is 19.1. The molecule has 142 valence electrons. The van der Waals surface area contributed by atoms with E-state index in [9.17, 15) is 14.0 Å². The summed E-state index contributed by atoms with van der Waals surface area (Å²) in [6.07, 6.45) is 1.65. The number of halogens is 1. The lowest BCUT2D eigenvalue weighted by atomic mass is 10.2. The lowest BCUT2D eigenvalue weighted by Gasteiger charge is -2.29. The number of carbonyl (C=O) groups excluding carboxylic acids is 2. The average molecular weight is 372 g/mol. The number of benzene rings is 1. The highest BCUT2D eigenvalue weighted by atomic mass is 19.1. The van der Waals surface area contributed by atoms with Gasteiger partial charge in [0.25, 0.3) is 11.8 Å². The first-order chi connectivity index (χ1) is 13.2. The normalized spacial score (nSPS) is 13.9. The van der Waals surface area contributed by atoms with Crippen molar-refractivity contribution in [2.24, 2.45) is 0 Å². The first-order valence-electron chi connectivity index (χ1n) is 8.75. The first kappa shape index (κ1) is 18.8. The van der Waals surface area contributed by atoms with E-state index in [-0.39, 0.29) is 24.6 Å². The minimum atomic E-state index is -0.579. The molecule has 0 radical (unpaired) electrons. The Hall–Kier alpha value is -3.00. The van der Waals surface area contributed by atoms with Gasteiger partial charge < -0.3 is 20.3 Å². The molecule has 1 aliphatic heterocycles. The van der Waals surface area contributed by atoms with E-state index in [1.165, 1.54) is 18.2 Å². The van der Waals surface area contributed by atoms with Gasteiger partial charge in [-0.25, -0.2) is 9.37 Å². The summed E-state index contributed by atoms with van der Waals surface area (Å²) in [5.74, 6) is -0.749. The smallest absolute Gasteiger partial charge is 0.255 e. The number of anilines is 1. The summed E-state index contributed by atoms with van der Waals surface area (Å²) in [5.41, 5.74) is 0.450. The fraction of sp³-hybridized carbons (Fsp3) is 0.316. The van der Waals surface area contributed by atoms with Crippen molar-refractivity contribution in [2.45, 2.75) is 0 Å². The summed E-state index contributed by atoms with van der Waals surface area (Å²) in [5, 5.41) is 5.34. The highest BCUT2D eigenvalue weighted by Gasteiger charge is 2.19. The van der Waals surface area contributed by atoms with E-state index in [1.54, 1.807) is 24.4 Å². The van der Waals surface area contributed by atoms with Crippen molar-refractivity contribution in [1.82, 2.24) is 15.6 Å². The van der Waals surface area contributed by atoms with Crippen molar-refractivity contribution in [3.05, 3.63) is 59.5 Å². The molecule has 0 unspecified atom stereocenters. The second-order valence-corrected chi connectivity index (χ2v) is 5.97. The van der Waals surface area contributed by atoms with Crippen LogP contribution in [0.3, 0.4) is 0 Å². The molecule has 3 rings (SSSR count). The van der Waals surface area contributed by atoms with Gasteiger partial charge in [-0.1, -0.05) is 12.1 Å². The van der Waals surface area contributed by atoms with Crippen molar-refractivity contribution in [3.8, 4) is 0 Å². The molecular weight excluding hydrogens is 351 g/mol. The van der Waals surface area contributed by atoms with Gasteiger partial charge in [-0.05, 0) is 24.3 Å². The van der Waals surface area contributed by atoms with E-state index in [0.717, 1.165) is 0 Å². The fourth-order valence-corrected chi connectivity index (χ4v) is 2.79. The Labute approximate surface area is 156 Å². The minimum Gasteiger partial charge on any atom is -0.378 e. The van der Waals surface area contributed by atoms with Gasteiger partial charge in [-0.2, -0.15) is 0 Å². The van der Waals surface area contributed by atoms with Crippen molar-refractivity contribution >= 4 is 17.6 Å². The van der Waals surface area contributed by atoms with E-state index < -0.39 is 11.7 Å². The molecule has 8 heteroatoms. The van der Waals surface area contributed by atoms with Crippen LogP contribution in [0.2, 0.25) is 0 Å². The van der Waals surface area contributed by atoms with Gasteiger partial charge in [0.1, 0.15) is 11.6 Å². The average Bonchev–Trinajstić information content (AvgIpc) is 2.72. The van der Waals surface area contributed by atoms with Crippen LogP contribution in [0.15, 0.2) is 42.6 Å². The van der Waals surface area contributed by atoms with Gasteiger partial charge in [-0.3, -0.25) is 9.59 Å². The maximum Gasteiger partial charge on any atom is 0.255 e. The second-order valence-electron chi connectivity index (χ2n) is 5.97. The molecule has 1 saturated heterocycles. The van der Waals surface area contributed by atoms with E-state index in [0.29, 0.717) is 37.7 Å². The second kappa shape index (κ2) is 9.09. The Morgan fingerprint density at radius 1 is 1.00 bits per heavy atom. The number of aromatic nitrogens is 1. The van der Waals surface area contributed by atoms with Crippen LogP contribution in [-0.4, -0.2) is 56.2 Å². The van der Waals surface area contributed by atoms with Gasteiger partial charge in [0.2, 0.25) is 0 Å². The zero-order valence-electron chi connectivity index (χ0n) is 14.8. The number of rotatable bonds is 6. The number of nitrogens with zero attached hydrogens (tertiary/aromatic N) is 2. The number of carbonyl (C=O) groups is 2. The monoisotopic (exact) mass is 372 g/mol. The number of ether oxygens (including phenoxy) is 1. The summed E-state index contributed by atoms with van der Waals surface area (Å²) in [4.78, 5) is 30.8. The van der Waals surface area contributed by atoms with Crippen LogP contribution in [0.25, 0.3) is 0 Å². The molecule has 1 aliphatic rings. The van der Waals surface area contributed by atoms with Gasteiger partial charge in [0.15, 0.2) is 0 Å². The Morgan fingerprint density at radius 3 is 2.33 bits per heavy atom. The van der Waals surface area contributed by atoms with E-state index in [1.807, 2.05) is 4.90 Å². The Balaban J connectivity index is 1.53. The molecule has 2 aromatic rings. The van der Waals surface area contributed by atoms with Crippen molar-refractivity contribution in [1.29, 1.82) is 0 Å². The molecule has 2 N–H and O–H groups in total. The maximum atomic E-state index is 13.6. The summed E-state index contributed by atoms with van der Waals surface area (Å²) in [7, 11) is 0. The Morgan fingerprint density at radius 2 is 1.63 bits per heavy atom. The van der Waals surface area contributed by atoms with Crippen LogP contribution in [0.1, 0.15) is 20.7 Å². The van der Waals surface area contributed by atoms with Gasteiger partial charge >= 0.3 is 0 Å².